The Morgan fingerprint density at radius 1 is 1.25 bits per heavy atom. The van der Waals surface area contributed by atoms with Crippen LogP contribution in [0.2, 0.25) is 0 Å². The molecular formula is C18H21NO5. The minimum atomic E-state index is -0.219. The summed E-state index contributed by atoms with van der Waals surface area (Å²) in [6.07, 6.45) is 1.36. The number of hydrogen-bond donors (Lipinski definition) is 1. The van der Waals surface area contributed by atoms with Crippen LogP contribution in [-0.2, 0) is 16.1 Å². The number of benzene rings is 1. The van der Waals surface area contributed by atoms with Crippen LogP contribution in [0.25, 0.3) is 0 Å². The van der Waals surface area contributed by atoms with E-state index >= 15 is 0 Å². The van der Waals surface area contributed by atoms with E-state index in [1.807, 2.05) is 31.2 Å². The second-order valence-electron chi connectivity index (χ2n) is 5.75. The van der Waals surface area contributed by atoms with Crippen LogP contribution in [0.5, 0.6) is 5.75 Å². The number of carbonyl (C=O) groups is 1. The number of methoxy groups -OCH3 is 1. The molecule has 0 aliphatic carbocycles. The molecule has 0 radical (unpaired) electrons. The Bertz CT molecular complexity index is 679. The fourth-order valence-corrected chi connectivity index (χ4v) is 2.59. The van der Waals surface area contributed by atoms with Crippen molar-refractivity contribution in [1.82, 2.24) is 5.32 Å². The summed E-state index contributed by atoms with van der Waals surface area (Å²) >= 11 is 0. The van der Waals surface area contributed by atoms with Gasteiger partial charge < -0.3 is 23.9 Å². The average Bonchev–Trinajstić information content (AvgIpc) is 3.23. The Labute approximate surface area is 140 Å². The molecule has 1 aliphatic heterocycles. The van der Waals surface area contributed by atoms with Crippen LogP contribution in [0.4, 0.5) is 0 Å². The smallest absolute Gasteiger partial charge is 0.255 e. The molecule has 0 unspecified atom stereocenters. The molecule has 0 saturated carbocycles. The lowest BCUT2D eigenvalue weighted by molar-refractivity contribution is 0.0684. The summed E-state index contributed by atoms with van der Waals surface area (Å²) in [5.74, 6) is 0.997. The van der Waals surface area contributed by atoms with Crippen molar-refractivity contribution < 1.29 is 23.4 Å². The molecule has 1 aromatic carbocycles. The van der Waals surface area contributed by atoms with E-state index in [2.05, 4.69) is 5.32 Å². The highest BCUT2D eigenvalue weighted by atomic mass is 16.5. The van der Waals surface area contributed by atoms with E-state index in [9.17, 15) is 4.79 Å². The third-order valence-electron chi connectivity index (χ3n) is 4.03. The van der Waals surface area contributed by atoms with E-state index in [-0.39, 0.29) is 24.7 Å². The molecule has 1 fully saturated rings. The molecule has 6 heteroatoms. The molecule has 24 heavy (non-hydrogen) atoms. The molecule has 0 bridgehead atoms. The molecule has 3 rings (SSSR count). The van der Waals surface area contributed by atoms with Crippen molar-refractivity contribution in [2.24, 2.45) is 0 Å². The Balaban J connectivity index is 1.61. The van der Waals surface area contributed by atoms with Gasteiger partial charge in [0.2, 0.25) is 0 Å². The van der Waals surface area contributed by atoms with Gasteiger partial charge in [-0.05, 0) is 25.1 Å². The standard InChI is InChI=1S/C18H21NO5/c1-12-3-5-13(6-4-12)24-11-16-14(7-8-23-16)18(20)19-15-9-22-10-17(15)21-2/h3-8,15,17H,9-11H2,1-2H3,(H,19,20)/t15-,17-/m0/s1. The van der Waals surface area contributed by atoms with Crippen molar-refractivity contribution >= 4 is 5.91 Å². The Morgan fingerprint density at radius 2 is 2.04 bits per heavy atom. The summed E-state index contributed by atoms with van der Waals surface area (Å²) in [6.45, 7) is 3.12. The SMILES string of the molecule is CO[C@H]1COC[C@@H]1NC(=O)c1ccoc1COc1ccc(C)cc1. The van der Waals surface area contributed by atoms with Gasteiger partial charge in [-0.3, -0.25) is 4.79 Å². The maximum Gasteiger partial charge on any atom is 0.255 e. The van der Waals surface area contributed by atoms with Crippen LogP contribution >= 0.6 is 0 Å². The van der Waals surface area contributed by atoms with Gasteiger partial charge in [0.15, 0.2) is 5.76 Å². The highest BCUT2D eigenvalue weighted by Gasteiger charge is 2.30. The molecule has 128 valence electrons. The maximum absolute atomic E-state index is 12.5. The molecule has 1 amide bonds. The molecule has 0 spiro atoms. The Hall–Kier alpha value is -2.31. The van der Waals surface area contributed by atoms with Crippen LogP contribution in [0, 0.1) is 6.92 Å². The predicted molar refractivity (Wildman–Crippen MR) is 87.1 cm³/mol. The molecule has 6 nitrogen and oxygen atoms in total. The summed E-state index contributed by atoms with van der Waals surface area (Å²) in [5, 5.41) is 2.92. The van der Waals surface area contributed by atoms with Gasteiger partial charge in [-0.2, -0.15) is 0 Å². The molecule has 1 N–H and O–H groups in total. The summed E-state index contributed by atoms with van der Waals surface area (Å²) in [4.78, 5) is 12.5. The summed E-state index contributed by atoms with van der Waals surface area (Å²) < 4.78 is 21.7. The lowest BCUT2D eigenvalue weighted by Gasteiger charge is -2.17. The topological polar surface area (TPSA) is 69.9 Å². The van der Waals surface area contributed by atoms with Gasteiger partial charge in [-0.25, -0.2) is 0 Å². The van der Waals surface area contributed by atoms with E-state index in [1.165, 1.54) is 6.26 Å². The van der Waals surface area contributed by atoms with E-state index in [0.29, 0.717) is 24.5 Å². The van der Waals surface area contributed by atoms with Crippen molar-refractivity contribution in [3.05, 3.63) is 53.5 Å². The number of ether oxygens (including phenoxy) is 3. The van der Waals surface area contributed by atoms with Crippen molar-refractivity contribution in [1.29, 1.82) is 0 Å². The lowest BCUT2D eigenvalue weighted by Crippen LogP contribution is -2.43. The number of amides is 1. The average molecular weight is 331 g/mol. The first-order valence-electron chi connectivity index (χ1n) is 7.84. The van der Waals surface area contributed by atoms with Gasteiger partial charge in [0.25, 0.3) is 5.91 Å². The molecule has 2 atom stereocenters. The van der Waals surface area contributed by atoms with Crippen molar-refractivity contribution in [3.8, 4) is 5.75 Å². The number of furan rings is 1. The summed E-state index contributed by atoms with van der Waals surface area (Å²) in [6, 6.07) is 9.18. The van der Waals surface area contributed by atoms with Gasteiger partial charge >= 0.3 is 0 Å². The number of rotatable bonds is 6. The summed E-state index contributed by atoms with van der Waals surface area (Å²) in [7, 11) is 1.61. The first kappa shape index (κ1) is 16.5. The number of carbonyl (C=O) groups excluding carboxylic acids is 1. The highest BCUT2D eigenvalue weighted by molar-refractivity contribution is 5.95. The Morgan fingerprint density at radius 3 is 2.79 bits per heavy atom. The van der Waals surface area contributed by atoms with Crippen molar-refractivity contribution in [2.75, 3.05) is 20.3 Å². The number of aryl methyl sites for hydroxylation is 1. The van der Waals surface area contributed by atoms with Gasteiger partial charge in [-0.1, -0.05) is 17.7 Å². The maximum atomic E-state index is 12.5. The van der Waals surface area contributed by atoms with Gasteiger partial charge in [0, 0.05) is 7.11 Å². The quantitative estimate of drug-likeness (QED) is 0.879. The molecule has 2 aromatic rings. The Kier molecular flexibility index (Phi) is 5.17. The molecule has 1 saturated heterocycles. The lowest BCUT2D eigenvalue weighted by atomic mass is 10.1. The first-order valence-corrected chi connectivity index (χ1v) is 7.84. The zero-order valence-corrected chi connectivity index (χ0v) is 13.8. The predicted octanol–water partition coefficient (Wildman–Crippen LogP) is 2.31. The minimum Gasteiger partial charge on any atom is -0.486 e. The van der Waals surface area contributed by atoms with Gasteiger partial charge in [0.1, 0.15) is 18.5 Å². The molecular weight excluding hydrogens is 310 g/mol. The monoisotopic (exact) mass is 331 g/mol. The van der Waals surface area contributed by atoms with E-state index < -0.39 is 0 Å². The highest BCUT2D eigenvalue weighted by Crippen LogP contribution is 2.18. The summed E-state index contributed by atoms with van der Waals surface area (Å²) in [5.41, 5.74) is 1.62. The number of nitrogens with one attached hydrogen (secondary N) is 1. The largest absolute Gasteiger partial charge is 0.486 e. The minimum absolute atomic E-state index is 0.131. The fraction of sp³-hybridized carbons (Fsp3) is 0.389. The molecule has 1 aliphatic rings. The molecule has 1 aromatic heterocycles. The van der Waals surface area contributed by atoms with Crippen LogP contribution in [0.3, 0.4) is 0 Å². The van der Waals surface area contributed by atoms with Gasteiger partial charge in [-0.15, -0.1) is 0 Å². The third-order valence-corrected chi connectivity index (χ3v) is 4.03. The van der Waals surface area contributed by atoms with E-state index in [4.69, 9.17) is 18.6 Å². The number of hydrogen-bond acceptors (Lipinski definition) is 5. The second-order valence-corrected chi connectivity index (χ2v) is 5.75. The zero-order chi connectivity index (χ0) is 16.9. The van der Waals surface area contributed by atoms with Gasteiger partial charge in [0.05, 0.1) is 31.1 Å². The van der Waals surface area contributed by atoms with Crippen molar-refractivity contribution in [2.45, 2.75) is 25.7 Å². The zero-order valence-electron chi connectivity index (χ0n) is 13.8. The first-order chi connectivity index (χ1) is 11.7. The normalized spacial score (nSPS) is 20.1. The van der Waals surface area contributed by atoms with Crippen molar-refractivity contribution in [3.63, 3.8) is 0 Å². The van der Waals surface area contributed by atoms with E-state index in [1.54, 1.807) is 13.2 Å². The van der Waals surface area contributed by atoms with Crippen LogP contribution < -0.4 is 10.1 Å². The van der Waals surface area contributed by atoms with E-state index in [0.717, 1.165) is 11.3 Å². The van der Waals surface area contributed by atoms with Crippen LogP contribution in [0.1, 0.15) is 21.7 Å². The van der Waals surface area contributed by atoms with Crippen LogP contribution in [0.15, 0.2) is 41.0 Å². The molecule has 2 heterocycles. The third kappa shape index (κ3) is 3.77. The second kappa shape index (κ2) is 7.51. The van der Waals surface area contributed by atoms with Crippen LogP contribution in [-0.4, -0.2) is 38.4 Å². The fourth-order valence-electron chi connectivity index (χ4n) is 2.59.